The van der Waals surface area contributed by atoms with Crippen molar-refractivity contribution in [3.8, 4) is 0 Å². The predicted molar refractivity (Wildman–Crippen MR) is 67.0 cm³/mol. The molecule has 1 aromatic carbocycles. The summed E-state index contributed by atoms with van der Waals surface area (Å²) in [6, 6.07) is 12.4. The molecule has 0 bridgehead atoms. The Hall–Kier alpha value is -2.20. The van der Waals surface area contributed by atoms with E-state index in [1.165, 1.54) is 0 Å². The number of aromatic nitrogens is 1. The average Bonchev–Trinajstić information content (AvgIpc) is 2.63. The number of fused-ring (bicyclic) bond motifs is 1. The number of aliphatic hydroxyl groups is 1. The molecule has 0 saturated heterocycles. The van der Waals surface area contributed by atoms with Crippen LogP contribution in [0.1, 0.15) is 17.0 Å². The third-order valence-corrected chi connectivity index (χ3v) is 3.15. The smallest absolute Gasteiger partial charge is 0.267 e. The van der Waals surface area contributed by atoms with E-state index in [-0.39, 0.29) is 0 Å². The number of carbonyl (C=O) groups excluding carboxylic acids is 1. The van der Waals surface area contributed by atoms with E-state index < -0.39 is 11.5 Å². The lowest BCUT2D eigenvalue weighted by atomic mass is 9.91. The Balaban J connectivity index is 2.23. The maximum absolute atomic E-state index is 12.1. The number of nitrogens with one attached hydrogen (secondary N) is 1. The van der Waals surface area contributed by atoms with Crippen molar-refractivity contribution in [1.82, 2.24) is 4.98 Å². The highest BCUT2D eigenvalue weighted by Crippen LogP contribution is 2.39. The topological polar surface area (TPSA) is 62.2 Å². The van der Waals surface area contributed by atoms with Crippen LogP contribution in [-0.2, 0) is 10.4 Å². The van der Waals surface area contributed by atoms with Crippen molar-refractivity contribution in [2.45, 2.75) is 12.5 Å². The summed E-state index contributed by atoms with van der Waals surface area (Å²) in [4.78, 5) is 16.3. The summed E-state index contributed by atoms with van der Waals surface area (Å²) in [6.45, 7) is 1.83. The number of rotatable bonds is 1. The Labute approximate surface area is 104 Å². The van der Waals surface area contributed by atoms with Crippen molar-refractivity contribution in [3.63, 3.8) is 0 Å². The van der Waals surface area contributed by atoms with Crippen LogP contribution in [0.4, 0.5) is 5.69 Å². The number of pyridine rings is 1. The first kappa shape index (κ1) is 10.9. The van der Waals surface area contributed by atoms with Gasteiger partial charge in [-0.15, -0.1) is 0 Å². The quantitative estimate of drug-likeness (QED) is 0.795. The number of aryl methyl sites for hydroxylation is 1. The van der Waals surface area contributed by atoms with E-state index in [0.29, 0.717) is 16.9 Å². The molecular weight excluding hydrogens is 228 g/mol. The molecule has 2 heterocycles. The van der Waals surface area contributed by atoms with Crippen LogP contribution in [0.15, 0.2) is 42.5 Å². The van der Waals surface area contributed by atoms with Gasteiger partial charge in [0.25, 0.3) is 5.91 Å². The zero-order chi connectivity index (χ0) is 12.8. The minimum absolute atomic E-state index is 0.352. The van der Waals surface area contributed by atoms with Crippen LogP contribution in [0.5, 0.6) is 0 Å². The number of hydrogen-bond donors (Lipinski definition) is 2. The zero-order valence-electron chi connectivity index (χ0n) is 9.84. The Kier molecular flexibility index (Phi) is 2.21. The van der Waals surface area contributed by atoms with Crippen LogP contribution < -0.4 is 5.32 Å². The summed E-state index contributed by atoms with van der Waals surface area (Å²) in [5.41, 5.74) is 0.604. The molecule has 1 atom stereocenters. The van der Waals surface area contributed by atoms with Crippen molar-refractivity contribution >= 4 is 11.6 Å². The summed E-state index contributed by atoms with van der Waals surface area (Å²) in [7, 11) is 0. The van der Waals surface area contributed by atoms with Gasteiger partial charge in [-0.05, 0) is 25.1 Å². The Morgan fingerprint density at radius 2 is 1.94 bits per heavy atom. The molecule has 0 aliphatic carbocycles. The molecule has 1 aromatic heterocycles. The fourth-order valence-electron chi connectivity index (χ4n) is 2.24. The Bertz CT molecular complexity index is 639. The first-order chi connectivity index (χ1) is 8.62. The lowest BCUT2D eigenvalue weighted by Gasteiger charge is -2.20. The molecule has 0 radical (unpaired) electrons. The zero-order valence-corrected chi connectivity index (χ0v) is 9.84. The molecule has 90 valence electrons. The fourth-order valence-corrected chi connectivity index (χ4v) is 2.24. The van der Waals surface area contributed by atoms with Crippen LogP contribution >= 0.6 is 0 Å². The van der Waals surface area contributed by atoms with Crippen molar-refractivity contribution in [3.05, 3.63) is 59.4 Å². The van der Waals surface area contributed by atoms with Gasteiger partial charge in [-0.1, -0.05) is 24.3 Å². The average molecular weight is 240 g/mol. The van der Waals surface area contributed by atoms with E-state index in [1.54, 1.807) is 30.3 Å². The van der Waals surface area contributed by atoms with Crippen molar-refractivity contribution in [1.29, 1.82) is 0 Å². The molecule has 18 heavy (non-hydrogen) atoms. The first-order valence-corrected chi connectivity index (χ1v) is 5.70. The van der Waals surface area contributed by atoms with E-state index >= 15 is 0 Å². The first-order valence-electron chi connectivity index (χ1n) is 5.70. The molecule has 0 unspecified atom stereocenters. The number of amides is 1. The molecule has 1 aliphatic heterocycles. The largest absolute Gasteiger partial charge is 0.370 e. The molecule has 2 N–H and O–H groups in total. The Morgan fingerprint density at radius 3 is 2.72 bits per heavy atom. The number of nitrogens with zero attached hydrogens (tertiary/aromatic N) is 1. The molecule has 1 aliphatic rings. The van der Waals surface area contributed by atoms with Crippen molar-refractivity contribution in [2.24, 2.45) is 0 Å². The van der Waals surface area contributed by atoms with E-state index in [9.17, 15) is 9.90 Å². The van der Waals surface area contributed by atoms with Crippen molar-refractivity contribution in [2.75, 3.05) is 5.32 Å². The summed E-state index contributed by atoms with van der Waals surface area (Å²) in [5, 5.41) is 13.4. The van der Waals surface area contributed by atoms with Gasteiger partial charge >= 0.3 is 0 Å². The fraction of sp³-hybridized carbons (Fsp3) is 0.143. The highest BCUT2D eigenvalue weighted by atomic mass is 16.3. The van der Waals surface area contributed by atoms with E-state index in [1.807, 2.05) is 19.1 Å². The minimum Gasteiger partial charge on any atom is -0.370 e. The number of benzene rings is 1. The van der Waals surface area contributed by atoms with E-state index in [4.69, 9.17) is 0 Å². The van der Waals surface area contributed by atoms with Gasteiger partial charge in [-0.3, -0.25) is 9.78 Å². The number of carbonyl (C=O) groups is 1. The maximum atomic E-state index is 12.1. The molecule has 3 rings (SSSR count). The summed E-state index contributed by atoms with van der Waals surface area (Å²) < 4.78 is 0. The van der Waals surface area contributed by atoms with Crippen molar-refractivity contribution < 1.29 is 9.90 Å². The molecule has 1 amide bonds. The van der Waals surface area contributed by atoms with Gasteiger partial charge in [0.1, 0.15) is 0 Å². The van der Waals surface area contributed by atoms with Crippen LogP contribution in [0, 0.1) is 6.92 Å². The van der Waals surface area contributed by atoms with E-state index in [0.717, 1.165) is 5.69 Å². The van der Waals surface area contributed by atoms with Gasteiger partial charge in [0.15, 0.2) is 0 Å². The molecule has 0 spiro atoms. The lowest BCUT2D eigenvalue weighted by Crippen LogP contribution is -2.36. The van der Waals surface area contributed by atoms with E-state index in [2.05, 4.69) is 10.3 Å². The number of anilines is 1. The summed E-state index contributed by atoms with van der Waals surface area (Å²) in [6.07, 6.45) is 0. The lowest BCUT2D eigenvalue weighted by molar-refractivity contribution is -0.130. The molecule has 4 heteroatoms. The summed E-state index contributed by atoms with van der Waals surface area (Å²) in [5.74, 6) is -0.457. The standard InChI is InChI=1S/C14H12N2O2/c1-9-5-4-8-12(15-9)14(18)10-6-2-3-7-11(10)16-13(14)17/h2-8,18H,1H3,(H,16,17)/t14-/m1/s1. The second-order valence-electron chi connectivity index (χ2n) is 4.37. The molecular formula is C14H12N2O2. The SMILES string of the molecule is Cc1cccc([C@@]2(O)C(=O)Nc3ccccc32)n1. The third-order valence-electron chi connectivity index (χ3n) is 3.15. The molecule has 2 aromatic rings. The minimum atomic E-state index is -1.69. The second kappa shape index (κ2) is 3.65. The van der Waals surface area contributed by atoms with Crippen LogP contribution in [0.25, 0.3) is 0 Å². The summed E-state index contributed by atoms with van der Waals surface area (Å²) >= 11 is 0. The van der Waals surface area contributed by atoms with Gasteiger partial charge in [-0.25, -0.2) is 0 Å². The van der Waals surface area contributed by atoms with Gasteiger partial charge in [-0.2, -0.15) is 0 Å². The Morgan fingerprint density at radius 1 is 1.17 bits per heavy atom. The predicted octanol–water partition coefficient (Wildman–Crippen LogP) is 1.58. The van der Waals surface area contributed by atoms with Gasteiger partial charge in [0.2, 0.25) is 5.60 Å². The van der Waals surface area contributed by atoms with Gasteiger partial charge in [0.05, 0.1) is 5.69 Å². The second-order valence-corrected chi connectivity index (χ2v) is 4.37. The third kappa shape index (κ3) is 1.36. The van der Waals surface area contributed by atoms with Crippen LogP contribution in [0.2, 0.25) is 0 Å². The highest BCUT2D eigenvalue weighted by Gasteiger charge is 2.47. The van der Waals surface area contributed by atoms with Gasteiger partial charge in [0, 0.05) is 16.9 Å². The number of hydrogen-bond acceptors (Lipinski definition) is 3. The van der Waals surface area contributed by atoms with Gasteiger partial charge < -0.3 is 10.4 Å². The monoisotopic (exact) mass is 240 g/mol. The maximum Gasteiger partial charge on any atom is 0.267 e. The molecule has 0 saturated carbocycles. The normalized spacial score (nSPS) is 21.6. The molecule has 0 fully saturated rings. The van der Waals surface area contributed by atoms with Crippen LogP contribution in [-0.4, -0.2) is 16.0 Å². The highest BCUT2D eigenvalue weighted by molar-refractivity contribution is 6.06. The van der Waals surface area contributed by atoms with Crippen LogP contribution in [0.3, 0.4) is 0 Å². The number of para-hydroxylation sites is 1. The molecule has 4 nitrogen and oxygen atoms in total.